The molecule has 0 radical (unpaired) electrons. The van der Waals surface area contributed by atoms with Crippen molar-refractivity contribution in [3.63, 3.8) is 0 Å². The minimum absolute atomic E-state index is 0.0106. The normalized spacial score (nSPS) is 22.6. The molecule has 0 spiro atoms. The van der Waals surface area contributed by atoms with Crippen LogP contribution in [-0.4, -0.2) is 102 Å². The van der Waals surface area contributed by atoms with Gasteiger partial charge in [-0.3, -0.25) is 19.3 Å². The number of thioether (sulfide) groups is 2. The van der Waals surface area contributed by atoms with Gasteiger partial charge >= 0.3 is 12.0 Å². The predicted octanol–water partition coefficient (Wildman–Crippen LogP) is -1.51. The summed E-state index contributed by atoms with van der Waals surface area (Å²) in [6.07, 6.45) is 0. The Hall–Kier alpha value is -3.57. The standard InChI is InChI=1S/C20H25N9O6S2/c21-7-13(31)29(11-1-3-12(30)4-2-11)14-15(32)27-8-20(17(33)34,9-36-16(14)27)10-37-19-24-25-26-28(19)6-5-23-18(22)35/h1-4,14,16,30H,5-10,21H2,(H,33,34)(H3,22,23,35)/t14?,16-,20?/m1/s1. The van der Waals surface area contributed by atoms with Gasteiger partial charge in [0.15, 0.2) is 0 Å². The summed E-state index contributed by atoms with van der Waals surface area (Å²) in [5.74, 6) is -1.63. The van der Waals surface area contributed by atoms with Crippen molar-refractivity contribution >= 4 is 53.0 Å². The molecule has 15 nitrogen and oxygen atoms in total. The van der Waals surface area contributed by atoms with Gasteiger partial charge in [-0.15, -0.1) is 16.9 Å². The van der Waals surface area contributed by atoms with Crippen LogP contribution in [0.5, 0.6) is 5.75 Å². The molecule has 198 valence electrons. The van der Waals surface area contributed by atoms with Crippen molar-refractivity contribution in [1.29, 1.82) is 0 Å². The second-order valence-electron chi connectivity index (χ2n) is 8.45. The molecular formula is C20H25N9O6S2. The summed E-state index contributed by atoms with van der Waals surface area (Å²) in [6.45, 7) is 0.0662. The molecule has 0 aliphatic carbocycles. The smallest absolute Gasteiger partial charge is 0.313 e. The van der Waals surface area contributed by atoms with Gasteiger partial charge in [0.05, 0.1) is 13.1 Å². The van der Waals surface area contributed by atoms with Crippen molar-refractivity contribution in [2.24, 2.45) is 16.9 Å². The molecule has 2 saturated heterocycles. The van der Waals surface area contributed by atoms with Gasteiger partial charge in [-0.1, -0.05) is 11.8 Å². The van der Waals surface area contributed by atoms with Gasteiger partial charge in [0.1, 0.15) is 22.6 Å². The number of hydrogen-bond donors (Lipinski definition) is 5. The fraction of sp³-hybridized carbons (Fsp3) is 0.450. The number of carboxylic acid groups (broad SMARTS) is 1. The minimum atomic E-state index is -1.28. The average molecular weight is 552 g/mol. The van der Waals surface area contributed by atoms with E-state index in [1.54, 1.807) is 0 Å². The van der Waals surface area contributed by atoms with Crippen LogP contribution in [0.25, 0.3) is 0 Å². The molecule has 2 unspecified atom stereocenters. The largest absolute Gasteiger partial charge is 0.508 e. The number of phenols is 1. The Morgan fingerprint density at radius 1 is 1.30 bits per heavy atom. The zero-order chi connectivity index (χ0) is 26.7. The number of anilines is 1. The first-order valence-corrected chi connectivity index (χ1v) is 13.1. The number of tetrazole rings is 1. The van der Waals surface area contributed by atoms with Crippen LogP contribution in [0.3, 0.4) is 0 Å². The molecule has 2 fully saturated rings. The number of nitrogens with two attached hydrogens (primary N) is 2. The third-order valence-corrected chi connectivity index (χ3v) is 8.84. The fourth-order valence-corrected chi connectivity index (χ4v) is 6.89. The Kier molecular flexibility index (Phi) is 7.74. The fourth-order valence-electron chi connectivity index (χ4n) is 4.09. The first kappa shape index (κ1) is 26.5. The van der Waals surface area contributed by atoms with E-state index >= 15 is 0 Å². The number of carbonyl (C=O) groups is 4. The number of benzene rings is 1. The maximum atomic E-state index is 13.2. The SMILES string of the molecule is NCC(=O)N(c1ccc(O)cc1)C1C(=O)N2CC(CSc3nnnn3CCNC(N)=O)(C(=O)O)CS[C@H]12. The number of aromatic hydroxyl groups is 1. The summed E-state index contributed by atoms with van der Waals surface area (Å²) >= 11 is 2.41. The van der Waals surface area contributed by atoms with Gasteiger partial charge in [0.2, 0.25) is 17.0 Å². The number of β-lactam (4-membered cyclic amide) rings is 1. The number of primary amides is 1. The van der Waals surface area contributed by atoms with Crippen LogP contribution in [0.15, 0.2) is 29.4 Å². The number of urea groups is 1. The highest BCUT2D eigenvalue weighted by Gasteiger charge is 2.59. The summed E-state index contributed by atoms with van der Waals surface area (Å²) in [6, 6.07) is 4.34. The summed E-state index contributed by atoms with van der Waals surface area (Å²) in [4.78, 5) is 51.9. The number of rotatable bonds is 10. The number of nitrogens with one attached hydrogen (secondary N) is 1. The molecule has 2 aromatic rings. The van der Waals surface area contributed by atoms with Gasteiger partial charge in [-0.2, -0.15) is 0 Å². The summed E-state index contributed by atoms with van der Waals surface area (Å²) in [7, 11) is 0. The van der Waals surface area contributed by atoms with Gasteiger partial charge in [0.25, 0.3) is 0 Å². The van der Waals surface area contributed by atoms with E-state index in [9.17, 15) is 29.4 Å². The lowest BCUT2D eigenvalue weighted by atomic mass is 9.89. The van der Waals surface area contributed by atoms with E-state index in [4.69, 9.17) is 11.5 Å². The van der Waals surface area contributed by atoms with Crippen molar-refractivity contribution in [2.75, 3.05) is 36.0 Å². The second-order valence-corrected chi connectivity index (χ2v) is 10.5. The van der Waals surface area contributed by atoms with Crippen molar-refractivity contribution in [2.45, 2.75) is 23.1 Å². The Bertz CT molecular complexity index is 1200. The highest BCUT2D eigenvalue weighted by molar-refractivity contribution is 8.00. The topological polar surface area (TPSA) is 223 Å². The summed E-state index contributed by atoms with van der Waals surface area (Å²) in [5, 5.41) is 33.4. The molecule has 1 aromatic heterocycles. The second kappa shape index (κ2) is 10.8. The van der Waals surface area contributed by atoms with E-state index in [-0.39, 0.29) is 49.3 Å². The first-order chi connectivity index (χ1) is 17.7. The van der Waals surface area contributed by atoms with Gasteiger partial charge in [-0.05, 0) is 34.7 Å². The van der Waals surface area contributed by atoms with E-state index in [1.165, 1.54) is 50.5 Å². The number of amides is 4. The summed E-state index contributed by atoms with van der Waals surface area (Å²) < 4.78 is 1.42. The third kappa shape index (κ3) is 5.28. The van der Waals surface area contributed by atoms with Crippen molar-refractivity contribution < 1.29 is 29.4 Å². The molecule has 4 rings (SSSR count). The molecule has 0 saturated carbocycles. The molecule has 2 aliphatic heterocycles. The Morgan fingerprint density at radius 2 is 2.03 bits per heavy atom. The number of hydrogen-bond acceptors (Lipinski definition) is 11. The van der Waals surface area contributed by atoms with Crippen LogP contribution in [0, 0.1) is 5.41 Å². The molecular weight excluding hydrogens is 526 g/mol. The van der Waals surface area contributed by atoms with Crippen molar-refractivity contribution in [3.05, 3.63) is 24.3 Å². The van der Waals surface area contributed by atoms with E-state index in [0.29, 0.717) is 10.8 Å². The highest BCUT2D eigenvalue weighted by Crippen LogP contribution is 2.46. The van der Waals surface area contributed by atoms with Crippen molar-refractivity contribution in [1.82, 2.24) is 30.4 Å². The number of nitrogens with zero attached hydrogens (tertiary/aromatic N) is 6. The third-order valence-electron chi connectivity index (χ3n) is 6.02. The molecule has 4 amide bonds. The van der Waals surface area contributed by atoms with Crippen LogP contribution in [0.2, 0.25) is 0 Å². The molecule has 1 aromatic carbocycles. The lowest BCUT2D eigenvalue weighted by Crippen LogP contribution is -2.75. The lowest BCUT2D eigenvalue weighted by molar-refractivity contribution is -0.156. The molecule has 2 aliphatic rings. The maximum Gasteiger partial charge on any atom is 0.313 e. The van der Waals surface area contributed by atoms with Crippen LogP contribution in [0.4, 0.5) is 10.5 Å². The molecule has 3 heterocycles. The van der Waals surface area contributed by atoms with Gasteiger partial charge in [-0.25, -0.2) is 9.48 Å². The molecule has 0 bridgehead atoms. The van der Waals surface area contributed by atoms with E-state index in [1.807, 2.05) is 0 Å². The van der Waals surface area contributed by atoms with Crippen molar-refractivity contribution in [3.8, 4) is 5.75 Å². The number of aromatic nitrogens is 4. The lowest BCUT2D eigenvalue weighted by Gasteiger charge is -2.56. The number of phenolic OH excluding ortho intramolecular Hbond substituents is 1. The molecule has 3 atom stereocenters. The number of fused-ring (bicyclic) bond motifs is 1. The number of aliphatic carboxylic acids is 1. The zero-order valence-corrected chi connectivity index (χ0v) is 21.0. The predicted molar refractivity (Wildman–Crippen MR) is 133 cm³/mol. The molecule has 7 N–H and O–H groups in total. The minimum Gasteiger partial charge on any atom is -0.508 e. The van der Waals surface area contributed by atoms with E-state index in [2.05, 4.69) is 20.8 Å². The van der Waals surface area contributed by atoms with E-state index in [0.717, 1.165) is 11.8 Å². The van der Waals surface area contributed by atoms with Crippen LogP contribution in [-0.2, 0) is 20.9 Å². The van der Waals surface area contributed by atoms with E-state index < -0.39 is 34.7 Å². The average Bonchev–Trinajstić information content (AvgIpc) is 3.33. The monoisotopic (exact) mass is 551 g/mol. The summed E-state index contributed by atoms with van der Waals surface area (Å²) in [5.41, 5.74) is 9.78. The highest BCUT2D eigenvalue weighted by atomic mass is 32.2. The van der Waals surface area contributed by atoms with Gasteiger partial charge < -0.3 is 31.9 Å². The molecule has 37 heavy (non-hydrogen) atoms. The van der Waals surface area contributed by atoms with Gasteiger partial charge in [0, 0.05) is 30.3 Å². The first-order valence-electron chi connectivity index (χ1n) is 11.1. The van der Waals surface area contributed by atoms with Crippen LogP contribution in [0.1, 0.15) is 0 Å². The zero-order valence-electron chi connectivity index (χ0n) is 19.4. The number of carbonyl (C=O) groups excluding carboxylic acids is 3. The van der Waals surface area contributed by atoms with Crippen LogP contribution >= 0.6 is 23.5 Å². The quantitative estimate of drug-likeness (QED) is 0.168. The van der Waals surface area contributed by atoms with Crippen LogP contribution < -0.4 is 21.7 Å². The molecule has 17 heteroatoms. The Balaban J connectivity index is 1.47. The number of carboxylic acids is 1. The Morgan fingerprint density at radius 3 is 2.68 bits per heavy atom. The Labute approximate surface area is 218 Å². The maximum absolute atomic E-state index is 13.2.